The molecule has 1 aliphatic rings. The molecule has 1 atom stereocenters. The Hall–Kier alpha value is -1.62. The molecule has 0 spiro atoms. The first-order valence-electron chi connectivity index (χ1n) is 5.92. The summed E-state index contributed by atoms with van der Waals surface area (Å²) in [5, 5.41) is 2.95. The fourth-order valence-electron chi connectivity index (χ4n) is 1.85. The molecule has 1 fully saturated rings. The van der Waals surface area contributed by atoms with Gasteiger partial charge in [0.15, 0.2) is 0 Å². The van der Waals surface area contributed by atoms with Crippen molar-refractivity contribution in [3.63, 3.8) is 0 Å². The highest BCUT2D eigenvalue weighted by molar-refractivity contribution is 5.93. The lowest BCUT2D eigenvalue weighted by molar-refractivity contribution is 0.0932. The number of hydrazine groups is 1. The predicted molar refractivity (Wildman–Crippen MR) is 66.3 cm³/mol. The van der Waals surface area contributed by atoms with Crippen LogP contribution < -0.4 is 16.6 Å². The van der Waals surface area contributed by atoms with Gasteiger partial charge in [0, 0.05) is 12.2 Å². The van der Waals surface area contributed by atoms with E-state index in [9.17, 15) is 4.79 Å². The Morgan fingerprint density at radius 1 is 1.65 bits per heavy atom. The zero-order valence-electron chi connectivity index (χ0n) is 9.94. The second-order valence-corrected chi connectivity index (χ2v) is 4.63. The van der Waals surface area contributed by atoms with Crippen LogP contribution in [-0.4, -0.2) is 16.9 Å². The number of nitrogens with one attached hydrogen (secondary N) is 2. The third kappa shape index (κ3) is 3.42. The van der Waals surface area contributed by atoms with E-state index in [1.54, 1.807) is 18.3 Å². The molecule has 0 bridgehead atoms. The minimum absolute atomic E-state index is 0.143. The Kier molecular flexibility index (Phi) is 3.58. The minimum Gasteiger partial charge on any atom is -0.348 e. The van der Waals surface area contributed by atoms with E-state index in [4.69, 9.17) is 5.84 Å². The molecule has 0 aromatic carbocycles. The van der Waals surface area contributed by atoms with Crippen LogP contribution in [0.15, 0.2) is 18.3 Å². The van der Waals surface area contributed by atoms with Crippen molar-refractivity contribution in [1.29, 1.82) is 0 Å². The van der Waals surface area contributed by atoms with Crippen molar-refractivity contribution in [1.82, 2.24) is 10.3 Å². The number of hydrogen-bond donors (Lipinski definition) is 3. The average molecular weight is 234 g/mol. The van der Waals surface area contributed by atoms with Crippen LogP contribution in [-0.2, 0) is 0 Å². The van der Waals surface area contributed by atoms with Gasteiger partial charge in [-0.2, -0.15) is 0 Å². The second-order valence-electron chi connectivity index (χ2n) is 4.63. The van der Waals surface area contributed by atoms with Gasteiger partial charge in [-0.05, 0) is 31.4 Å². The first-order chi connectivity index (χ1) is 8.19. The highest BCUT2D eigenvalue weighted by atomic mass is 16.1. The van der Waals surface area contributed by atoms with E-state index in [-0.39, 0.29) is 11.9 Å². The summed E-state index contributed by atoms with van der Waals surface area (Å²) in [6, 6.07) is 3.55. The van der Waals surface area contributed by atoms with Crippen molar-refractivity contribution < 1.29 is 4.79 Å². The molecule has 1 unspecified atom stereocenters. The molecule has 0 aliphatic heterocycles. The molecule has 0 radical (unpaired) electrons. The quantitative estimate of drug-likeness (QED) is 0.529. The summed E-state index contributed by atoms with van der Waals surface area (Å²) in [5.41, 5.74) is 3.57. The Labute approximate surface area is 101 Å². The van der Waals surface area contributed by atoms with Gasteiger partial charge in [-0.1, -0.05) is 12.8 Å². The van der Waals surface area contributed by atoms with Crippen molar-refractivity contribution in [2.75, 3.05) is 5.43 Å². The molecule has 17 heavy (non-hydrogen) atoms. The van der Waals surface area contributed by atoms with Gasteiger partial charge in [-0.15, -0.1) is 0 Å². The van der Waals surface area contributed by atoms with Crippen LogP contribution >= 0.6 is 0 Å². The van der Waals surface area contributed by atoms with Crippen LogP contribution in [0.3, 0.4) is 0 Å². The van der Waals surface area contributed by atoms with Gasteiger partial charge in [-0.3, -0.25) is 15.6 Å². The molecule has 1 saturated carbocycles. The Bertz CT molecular complexity index is 403. The predicted octanol–water partition coefficient (Wildman–Crippen LogP) is 1.29. The third-order valence-electron chi connectivity index (χ3n) is 2.92. The van der Waals surface area contributed by atoms with E-state index in [1.807, 2.05) is 6.92 Å². The van der Waals surface area contributed by atoms with Gasteiger partial charge in [0.2, 0.25) is 0 Å². The molecule has 1 aromatic heterocycles. The fourth-order valence-corrected chi connectivity index (χ4v) is 1.85. The number of nitrogens with zero attached hydrogens (tertiary/aromatic N) is 1. The average Bonchev–Trinajstić information content (AvgIpc) is 3.12. The van der Waals surface area contributed by atoms with Gasteiger partial charge < -0.3 is 10.7 Å². The fraction of sp³-hybridized carbons (Fsp3) is 0.500. The number of amides is 1. The van der Waals surface area contributed by atoms with Crippen LogP contribution in [0.25, 0.3) is 0 Å². The minimum atomic E-state index is -0.143. The number of aromatic nitrogens is 1. The van der Waals surface area contributed by atoms with E-state index in [1.165, 1.54) is 12.8 Å². The van der Waals surface area contributed by atoms with Crippen LogP contribution in [0.2, 0.25) is 0 Å². The van der Waals surface area contributed by atoms with Crippen molar-refractivity contribution in [3.8, 4) is 0 Å². The molecular formula is C12H18N4O. The summed E-state index contributed by atoms with van der Waals surface area (Å²) in [6.45, 7) is 2.03. The van der Waals surface area contributed by atoms with Crippen LogP contribution in [0.5, 0.6) is 0 Å². The maximum atomic E-state index is 11.9. The smallest absolute Gasteiger partial charge is 0.270 e. The number of anilines is 1. The van der Waals surface area contributed by atoms with E-state index >= 15 is 0 Å². The first kappa shape index (κ1) is 11.9. The van der Waals surface area contributed by atoms with E-state index < -0.39 is 0 Å². The molecule has 1 amide bonds. The zero-order valence-corrected chi connectivity index (χ0v) is 9.94. The molecule has 0 saturated heterocycles. The first-order valence-corrected chi connectivity index (χ1v) is 5.92. The van der Waals surface area contributed by atoms with Gasteiger partial charge >= 0.3 is 0 Å². The van der Waals surface area contributed by atoms with E-state index in [0.29, 0.717) is 11.4 Å². The van der Waals surface area contributed by atoms with Gasteiger partial charge in [0.25, 0.3) is 5.91 Å². The van der Waals surface area contributed by atoms with Crippen LogP contribution in [0.4, 0.5) is 5.69 Å². The summed E-state index contributed by atoms with van der Waals surface area (Å²) in [5.74, 6) is 5.94. The molecule has 92 valence electrons. The molecular weight excluding hydrogens is 216 g/mol. The summed E-state index contributed by atoms with van der Waals surface area (Å²) in [4.78, 5) is 15.9. The maximum absolute atomic E-state index is 11.9. The zero-order chi connectivity index (χ0) is 12.3. The van der Waals surface area contributed by atoms with Gasteiger partial charge in [-0.25, -0.2) is 0 Å². The van der Waals surface area contributed by atoms with Crippen molar-refractivity contribution in [2.45, 2.75) is 32.2 Å². The molecule has 5 nitrogen and oxygen atoms in total. The number of rotatable bonds is 5. The molecule has 5 heteroatoms. The van der Waals surface area contributed by atoms with Crippen molar-refractivity contribution in [3.05, 3.63) is 24.0 Å². The topological polar surface area (TPSA) is 80.0 Å². The maximum Gasteiger partial charge on any atom is 0.270 e. The molecule has 2 rings (SSSR count). The third-order valence-corrected chi connectivity index (χ3v) is 2.92. The summed E-state index contributed by atoms with van der Waals surface area (Å²) in [7, 11) is 0. The SMILES string of the molecule is CC(CC1CC1)NC(=O)c1cc(NN)ccn1. The lowest BCUT2D eigenvalue weighted by Crippen LogP contribution is -2.33. The normalized spacial score (nSPS) is 16.4. The van der Waals surface area contributed by atoms with Gasteiger partial charge in [0.1, 0.15) is 5.69 Å². The molecule has 1 aliphatic carbocycles. The number of carbonyl (C=O) groups is 1. The number of hydrogen-bond acceptors (Lipinski definition) is 4. The summed E-state index contributed by atoms with van der Waals surface area (Å²) >= 11 is 0. The lowest BCUT2D eigenvalue weighted by Gasteiger charge is -2.13. The van der Waals surface area contributed by atoms with E-state index in [0.717, 1.165) is 12.3 Å². The molecule has 4 N–H and O–H groups in total. The standard InChI is InChI=1S/C12H18N4O/c1-8(6-9-2-3-9)15-12(17)11-7-10(16-13)4-5-14-11/h4-5,7-9H,2-3,6,13H2,1H3,(H,14,16)(H,15,17). The Morgan fingerprint density at radius 2 is 2.41 bits per heavy atom. The number of pyridine rings is 1. The highest BCUT2D eigenvalue weighted by Gasteiger charge is 2.24. The number of nitrogens with two attached hydrogens (primary N) is 1. The van der Waals surface area contributed by atoms with E-state index in [2.05, 4.69) is 15.7 Å². The Morgan fingerprint density at radius 3 is 3.06 bits per heavy atom. The number of carbonyl (C=O) groups excluding carboxylic acids is 1. The molecule has 1 heterocycles. The van der Waals surface area contributed by atoms with Crippen molar-refractivity contribution in [2.24, 2.45) is 11.8 Å². The van der Waals surface area contributed by atoms with Crippen LogP contribution in [0, 0.1) is 5.92 Å². The summed E-state index contributed by atoms with van der Waals surface area (Å²) in [6.07, 6.45) is 5.21. The second kappa shape index (κ2) is 5.14. The monoisotopic (exact) mass is 234 g/mol. The van der Waals surface area contributed by atoms with Crippen molar-refractivity contribution >= 4 is 11.6 Å². The van der Waals surface area contributed by atoms with Gasteiger partial charge in [0.05, 0.1) is 5.69 Å². The number of nitrogen functional groups attached to an aromatic ring is 1. The lowest BCUT2D eigenvalue weighted by atomic mass is 10.1. The summed E-state index contributed by atoms with van der Waals surface area (Å²) < 4.78 is 0. The largest absolute Gasteiger partial charge is 0.348 e. The van der Waals surface area contributed by atoms with Crippen LogP contribution in [0.1, 0.15) is 36.7 Å². The Balaban J connectivity index is 1.92. The molecule has 1 aromatic rings. The highest BCUT2D eigenvalue weighted by Crippen LogP contribution is 2.33.